The lowest BCUT2D eigenvalue weighted by Crippen LogP contribution is -2.29. The second-order valence-electron chi connectivity index (χ2n) is 4.59. The van der Waals surface area contributed by atoms with Gasteiger partial charge in [-0.3, -0.25) is 0 Å². The highest BCUT2D eigenvalue weighted by Crippen LogP contribution is 2.11. The standard InChI is InChI=1S/C14H24N2/c1-12-5-6-14(13(2)11-12)7-9-16(4)10-8-15-3/h5-6,11,15H,7-10H2,1-4H3. The molecule has 0 aromatic heterocycles. The van der Waals surface area contributed by atoms with E-state index in [1.54, 1.807) is 0 Å². The van der Waals surface area contributed by atoms with Crippen LogP contribution in [0.3, 0.4) is 0 Å². The summed E-state index contributed by atoms with van der Waals surface area (Å²) in [6.45, 7) is 7.65. The molecule has 0 radical (unpaired) electrons. The maximum atomic E-state index is 3.17. The number of nitrogens with zero attached hydrogens (tertiary/aromatic N) is 1. The largest absolute Gasteiger partial charge is 0.318 e. The summed E-state index contributed by atoms with van der Waals surface area (Å²) in [5.74, 6) is 0. The summed E-state index contributed by atoms with van der Waals surface area (Å²) in [4.78, 5) is 2.37. The molecule has 16 heavy (non-hydrogen) atoms. The average Bonchev–Trinajstić information content (AvgIpc) is 2.25. The number of hydrogen-bond acceptors (Lipinski definition) is 2. The van der Waals surface area contributed by atoms with E-state index in [2.05, 4.69) is 49.3 Å². The van der Waals surface area contributed by atoms with Gasteiger partial charge in [-0.1, -0.05) is 23.8 Å². The van der Waals surface area contributed by atoms with Crippen molar-refractivity contribution in [1.29, 1.82) is 0 Å². The summed E-state index contributed by atoms with van der Waals surface area (Å²) < 4.78 is 0. The van der Waals surface area contributed by atoms with Crippen LogP contribution >= 0.6 is 0 Å². The minimum atomic E-state index is 1.06. The van der Waals surface area contributed by atoms with Gasteiger partial charge in [0.2, 0.25) is 0 Å². The highest BCUT2D eigenvalue weighted by atomic mass is 15.1. The van der Waals surface area contributed by atoms with Crippen molar-refractivity contribution >= 4 is 0 Å². The lowest BCUT2D eigenvalue weighted by Gasteiger charge is -2.17. The normalized spacial score (nSPS) is 11.1. The summed E-state index contributed by atoms with van der Waals surface area (Å²) in [7, 11) is 4.18. The van der Waals surface area contributed by atoms with Crippen molar-refractivity contribution in [3.63, 3.8) is 0 Å². The van der Waals surface area contributed by atoms with Crippen molar-refractivity contribution in [3.8, 4) is 0 Å². The van der Waals surface area contributed by atoms with Crippen LogP contribution in [0.25, 0.3) is 0 Å². The molecule has 0 saturated heterocycles. The third-order valence-electron chi connectivity index (χ3n) is 3.00. The van der Waals surface area contributed by atoms with Gasteiger partial charge >= 0.3 is 0 Å². The van der Waals surface area contributed by atoms with Gasteiger partial charge < -0.3 is 10.2 Å². The van der Waals surface area contributed by atoms with Crippen LogP contribution in [-0.2, 0) is 6.42 Å². The molecule has 0 aliphatic rings. The molecule has 2 nitrogen and oxygen atoms in total. The maximum absolute atomic E-state index is 3.17. The van der Waals surface area contributed by atoms with Crippen molar-refractivity contribution in [1.82, 2.24) is 10.2 Å². The van der Waals surface area contributed by atoms with Crippen LogP contribution in [0.15, 0.2) is 18.2 Å². The molecule has 0 saturated carbocycles. The fourth-order valence-electron chi connectivity index (χ4n) is 1.85. The van der Waals surface area contributed by atoms with Gasteiger partial charge in [0, 0.05) is 19.6 Å². The Labute approximate surface area is 99.7 Å². The first-order valence-corrected chi connectivity index (χ1v) is 6.02. The minimum Gasteiger partial charge on any atom is -0.318 e. The fourth-order valence-corrected chi connectivity index (χ4v) is 1.85. The van der Waals surface area contributed by atoms with Crippen molar-refractivity contribution in [2.24, 2.45) is 0 Å². The number of nitrogens with one attached hydrogen (secondary N) is 1. The minimum absolute atomic E-state index is 1.06. The molecular formula is C14H24N2. The summed E-state index contributed by atoms with van der Waals surface area (Å²) in [6, 6.07) is 6.73. The predicted octanol–water partition coefficient (Wildman–Crippen LogP) is 2.00. The lowest BCUT2D eigenvalue weighted by atomic mass is 10.0. The molecule has 1 aromatic carbocycles. The Kier molecular flexibility index (Phi) is 5.50. The zero-order chi connectivity index (χ0) is 12.0. The van der Waals surface area contributed by atoms with E-state index >= 15 is 0 Å². The lowest BCUT2D eigenvalue weighted by molar-refractivity contribution is 0.339. The zero-order valence-corrected chi connectivity index (χ0v) is 11.0. The number of rotatable bonds is 6. The van der Waals surface area contributed by atoms with E-state index in [9.17, 15) is 0 Å². The number of hydrogen-bond donors (Lipinski definition) is 1. The summed E-state index contributed by atoms with van der Waals surface area (Å²) in [6.07, 6.45) is 1.15. The molecule has 90 valence electrons. The van der Waals surface area contributed by atoms with Crippen molar-refractivity contribution in [2.75, 3.05) is 33.7 Å². The van der Waals surface area contributed by atoms with Crippen LogP contribution in [0.1, 0.15) is 16.7 Å². The molecule has 2 heteroatoms. The van der Waals surface area contributed by atoms with Gasteiger partial charge in [0.25, 0.3) is 0 Å². The molecule has 1 rings (SSSR count). The van der Waals surface area contributed by atoms with Crippen LogP contribution in [0.2, 0.25) is 0 Å². The first kappa shape index (κ1) is 13.2. The van der Waals surface area contributed by atoms with Crippen molar-refractivity contribution in [2.45, 2.75) is 20.3 Å². The highest BCUT2D eigenvalue weighted by molar-refractivity contribution is 5.30. The van der Waals surface area contributed by atoms with E-state index in [1.807, 2.05) is 7.05 Å². The monoisotopic (exact) mass is 220 g/mol. The molecule has 0 atom stereocenters. The molecule has 0 spiro atoms. The van der Waals surface area contributed by atoms with E-state index in [4.69, 9.17) is 0 Å². The van der Waals surface area contributed by atoms with Gasteiger partial charge in [-0.05, 0) is 45.5 Å². The van der Waals surface area contributed by atoms with E-state index in [1.165, 1.54) is 16.7 Å². The summed E-state index contributed by atoms with van der Waals surface area (Å²) in [5.41, 5.74) is 4.24. The molecule has 0 aliphatic carbocycles. The highest BCUT2D eigenvalue weighted by Gasteiger charge is 2.01. The molecule has 0 fully saturated rings. The van der Waals surface area contributed by atoms with Crippen LogP contribution in [0, 0.1) is 13.8 Å². The van der Waals surface area contributed by atoms with Gasteiger partial charge in [0.15, 0.2) is 0 Å². The Hall–Kier alpha value is -0.860. The van der Waals surface area contributed by atoms with E-state index < -0.39 is 0 Å². The molecular weight excluding hydrogens is 196 g/mol. The van der Waals surface area contributed by atoms with Gasteiger partial charge in [-0.2, -0.15) is 0 Å². The molecule has 1 N–H and O–H groups in total. The van der Waals surface area contributed by atoms with Gasteiger partial charge in [0.05, 0.1) is 0 Å². The zero-order valence-electron chi connectivity index (χ0n) is 11.0. The maximum Gasteiger partial charge on any atom is 0.0104 e. The first-order valence-electron chi connectivity index (χ1n) is 6.02. The Morgan fingerprint density at radius 2 is 1.94 bits per heavy atom. The van der Waals surface area contributed by atoms with Gasteiger partial charge in [-0.25, -0.2) is 0 Å². The molecule has 1 aromatic rings. The number of likely N-dealkylation sites (N-methyl/N-ethyl adjacent to an activating group) is 2. The van der Waals surface area contributed by atoms with Gasteiger partial charge in [-0.15, -0.1) is 0 Å². The summed E-state index contributed by atoms with van der Waals surface area (Å²) >= 11 is 0. The fraction of sp³-hybridized carbons (Fsp3) is 0.571. The van der Waals surface area contributed by atoms with Crippen LogP contribution in [0.5, 0.6) is 0 Å². The van der Waals surface area contributed by atoms with Crippen molar-refractivity contribution in [3.05, 3.63) is 34.9 Å². The SMILES string of the molecule is CNCCN(C)CCc1ccc(C)cc1C. The van der Waals surface area contributed by atoms with Crippen molar-refractivity contribution < 1.29 is 0 Å². The second kappa shape index (κ2) is 6.66. The second-order valence-corrected chi connectivity index (χ2v) is 4.59. The van der Waals surface area contributed by atoms with Crippen LogP contribution < -0.4 is 5.32 Å². The van der Waals surface area contributed by atoms with E-state index in [0.717, 1.165) is 26.1 Å². The molecule has 0 aliphatic heterocycles. The molecule has 0 bridgehead atoms. The third-order valence-corrected chi connectivity index (χ3v) is 3.00. The van der Waals surface area contributed by atoms with E-state index in [-0.39, 0.29) is 0 Å². The average molecular weight is 220 g/mol. The summed E-state index contributed by atoms with van der Waals surface area (Å²) in [5, 5.41) is 3.17. The van der Waals surface area contributed by atoms with Gasteiger partial charge in [0.1, 0.15) is 0 Å². The third kappa shape index (κ3) is 4.33. The molecule has 0 heterocycles. The Morgan fingerprint density at radius 1 is 1.19 bits per heavy atom. The molecule has 0 amide bonds. The predicted molar refractivity (Wildman–Crippen MR) is 71.0 cm³/mol. The van der Waals surface area contributed by atoms with Crippen LogP contribution in [-0.4, -0.2) is 38.6 Å². The number of benzene rings is 1. The van der Waals surface area contributed by atoms with E-state index in [0.29, 0.717) is 0 Å². The topological polar surface area (TPSA) is 15.3 Å². The van der Waals surface area contributed by atoms with Crippen LogP contribution in [0.4, 0.5) is 0 Å². The Bertz CT molecular complexity index is 321. The number of aryl methyl sites for hydroxylation is 2. The smallest absolute Gasteiger partial charge is 0.0104 e. The Balaban J connectivity index is 2.42. The quantitative estimate of drug-likeness (QED) is 0.789. The first-order chi connectivity index (χ1) is 7.63. The Morgan fingerprint density at radius 3 is 2.56 bits per heavy atom. The molecule has 0 unspecified atom stereocenters.